The van der Waals surface area contributed by atoms with Gasteiger partial charge in [0, 0.05) is 46.4 Å². The van der Waals surface area contributed by atoms with Gasteiger partial charge in [-0.15, -0.1) is 0 Å². The molecular formula is C19H25N5O2. The largest absolute Gasteiger partial charge is 0.368 e. The van der Waals surface area contributed by atoms with Crippen molar-refractivity contribution in [2.24, 2.45) is 4.99 Å². The van der Waals surface area contributed by atoms with E-state index in [9.17, 15) is 4.79 Å². The summed E-state index contributed by atoms with van der Waals surface area (Å²) < 4.78 is 5.51. The molecular weight excluding hydrogens is 330 g/mol. The van der Waals surface area contributed by atoms with E-state index in [-0.39, 0.29) is 12.0 Å². The molecule has 138 valence electrons. The van der Waals surface area contributed by atoms with Gasteiger partial charge in [0.2, 0.25) is 0 Å². The number of carbonyl (C=O) groups excluding carboxylic acids is 1. The zero-order valence-corrected chi connectivity index (χ0v) is 15.1. The van der Waals surface area contributed by atoms with Gasteiger partial charge in [-0.3, -0.25) is 9.79 Å². The van der Waals surface area contributed by atoms with Crippen LogP contribution in [0.5, 0.6) is 0 Å². The summed E-state index contributed by atoms with van der Waals surface area (Å²) in [5.41, 5.74) is 1.75. The van der Waals surface area contributed by atoms with E-state index in [1.807, 2.05) is 29.2 Å². The van der Waals surface area contributed by atoms with Crippen LogP contribution in [0.2, 0.25) is 0 Å². The van der Waals surface area contributed by atoms with Crippen molar-refractivity contribution in [1.29, 1.82) is 5.26 Å². The number of aliphatic imine (C=N–C) groups is 1. The third-order valence-corrected chi connectivity index (χ3v) is 4.84. The second-order valence-corrected chi connectivity index (χ2v) is 6.52. The maximum absolute atomic E-state index is 12.4. The number of piperazine rings is 1. The number of nitriles is 1. The fourth-order valence-corrected chi connectivity index (χ4v) is 3.33. The molecule has 3 rings (SSSR count). The average Bonchev–Trinajstić information content (AvgIpc) is 3.24. The van der Waals surface area contributed by atoms with Crippen LogP contribution in [0.1, 0.15) is 24.0 Å². The second kappa shape index (κ2) is 8.68. The fraction of sp³-hybridized carbons (Fsp3) is 0.526. The fourth-order valence-electron chi connectivity index (χ4n) is 3.33. The molecule has 0 saturated carbocycles. The van der Waals surface area contributed by atoms with Gasteiger partial charge in [-0.1, -0.05) is 12.1 Å². The molecule has 0 spiro atoms. The topological polar surface area (TPSA) is 81.0 Å². The van der Waals surface area contributed by atoms with Crippen LogP contribution in [0.4, 0.5) is 0 Å². The lowest BCUT2D eigenvalue weighted by atomic mass is 10.1. The Bertz CT molecular complexity index is 681. The zero-order chi connectivity index (χ0) is 18.4. The molecule has 0 bridgehead atoms. The van der Waals surface area contributed by atoms with E-state index < -0.39 is 0 Å². The number of hydrogen-bond donors (Lipinski definition) is 1. The number of rotatable bonds is 3. The normalized spacial score (nSPS) is 20.8. The minimum Gasteiger partial charge on any atom is -0.368 e. The minimum absolute atomic E-state index is 0.127. The Balaban J connectivity index is 1.48. The summed E-state index contributed by atoms with van der Waals surface area (Å²) in [7, 11) is 1.77. The Labute approximate surface area is 154 Å². The Kier molecular flexibility index (Phi) is 6.08. The summed E-state index contributed by atoms with van der Waals surface area (Å²) in [5, 5.41) is 12.2. The highest BCUT2D eigenvalue weighted by Crippen LogP contribution is 2.16. The first-order valence-corrected chi connectivity index (χ1v) is 9.06. The number of benzene rings is 1. The lowest BCUT2D eigenvalue weighted by Crippen LogP contribution is -2.55. The molecule has 2 saturated heterocycles. The predicted molar refractivity (Wildman–Crippen MR) is 98.5 cm³/mol. The molecule has 0 aliphatic carbocycles. The lowest BCUT2D eigenvalue weighted by molar-refractivity contribution is -0.142. The van der Waals surface area contributed by atoms with E-state index in [1.165, 1.54) is 0 Å². The van der Waals surface area contributed by atoms with Gasteiger partial charge in [0.25, 0.3) is 5.91 Å². The van der Waals surface area contributed by atoms with Gasteiger partial charge in [0.1, 0.15) is 6.10 Å². The smallest absolute Gasteiger partial charge is 0.251 e. The molecule has 1 aromatic carbocycles. The van der Waals surface area contributed by atoms with Gasteiger partial charge in [-0.2, -0.15) is 5.26 Å². The van der Waals surface area contributed by atoms with Crippen LogP contribution < -0.4 is 5.32 Å². The maximum Gasteiger partial charge on any atom is 0.251 e. The number of nitrogens with one attached hydrogen (secondary N) is 1. The molecule has 2 aliphatic heterocycles. The second-order valence-electron chi connectivity index (χ2n) is 6.52. The predicted octanol–water partition coefficient (Wildman–Crippen LogP) is 0.957. The summed E-state index contributed by atoms with van der Waals surface area (Å²) in [4.78, 5) is 20.9. The molecule has 2 fully saturated rings. The van der Waals surface area contributed by atoms with E-state index in [4.69, 9.17) is 10.00 Å². The molecule has 1 N–H and O–H groups in total. The van der Waals surface area contributed by atoms with Crippen molar-refractivity contribution in [3.05, 3.63) is 35.4 Å². The van der Waals surface area contributed by atoms with Crippen molar-refractivity contribution < 1.29 is 9.53 Å². The molecule has 26 heavy (non-hydrogen) atoms. The van der Waals surface area contributed by atoms with Gasteiger partial charge in [0.05, 0.1) is 11.6 Å². The number of hydrogen-bond acceptors (Lipinski definition) is 4. The average molecular weight is 355 g/mol. The molecule has 0 radical (unpaired) electrons. The first kappa shape index (κ1) is 18.2. The number of ether oxygens (including phenoxy) is 1. The Hall–Kier alpha value is -2.59. The van der Waals surface area contributed by atoms with Crippen LogP contribution in [-0.4, -0.2) is 67.6 Å². The lowest BCUT2D eigenvalue weighted by Gasteiger charge is -2.37. The van der Waals surface area contributed by atoms with Crippen molar-refractivity contribution in [1.82, 2.24) is 15.1 Å². The van der Waals surface area contributed by atoms with E-state index in [2.05, 4.69) is 21.3 Å². The van der Waals surface area contributed by atoms with Gasteiger partial charge >= 0.3 is 0 Å². The van der Waals surface area contributed by atoms with Crippen LogP contribution in [-0.2, 0) is 16.1 Å². The summed E-state index contributed by atoms with van der Waals surface area (Å²) >= 11 is 0. The third-order valence-electron chi connectivity index (χ3n) is 4.84. The van der Waals surface area contributed by atoms with Crippen LogP contribution in [0.25, 0.3) is 0 Å². The van der Waals surface area contributed by atoms with Crippen molar-refractivity contribution in [3.8, 4) is 6.07 Å². The number of nitrogens with zero attached hydrogens (tertiary/aromatic N) is 4. The summed E-state index contributed by atoms with van der Waals surface area (Å²) in [6.45, 7) is 4.24. The quantitative estimate of drug-likeness (QED) is 0.645. The molecule has 7 heteroatoms. The van der Waals surface area contributed by atoms with E-state index in [0.29, 0.717) is 31.8 Å². The van der Waals surface area contributed by atoms with E-state index in [1.54, 1.807) is 7.05 Å². The molecule has 2 heterocycles. The molecule has 0 aromatic heterocycles. The van der Waals surface area contributed by atoms with Crippen molar-refractivity contribution in [2.75, 3.05) is 39.8 Å². The highest BCUT2D eigenvalue weighted by atomic mass is 16.5. The molecule has 1 atom stereocenters. The summed E-state index contributed by atoms with van der Waals surface area (Å²) in [6.07, 6.45) is 1.57. The van der Waals surface area contributed by atoms with Crippen molar-refractivity contribution in [3.63, 3.8) is 0 Å². The van der Waals surface area contributed by atoms with Crippen LogP contribution in [0, 0.1) is 11.3 Å². The Morgan fingerprint density at radius 2 is 1.96 bits per heavy atom. The Morgan fingerprint density at radius 1 is 1.27 bits per heavy atom. The highest BCUT2D eigenvalue weighted by Gasteiger charge is 2.30. The van der Waals surface area contributed by atoms with Crippen LogP contribution in [0.15, 0.2) is 29.3 Å². The molecule has 2 aliphatic rings. The zero-order valence-electron chi connectivity index (χ0n) is 15.1. The first-order valence-electron chi connectivity index (χ1n) is 9.06. The van der Waals surface area contributed by atoms with Gasteiger partial charge in [-0.25, -0.2) is 0 Å². The van der Waals surface area contributed by atoms with Crippen molar-refractivity contribution in [2.45, 2.75) is 25.5 Å². The first-order chi connectivity index (χ1) is 12.7. The summed E-state index contributed by atoms with van der Waals surface area (Å²) in [6, 6.07) is 9.63. The number of carbonyl (C=O) groups is 1. The van der Waals surface area contributed by atoms with Crippen LogP contribution >= 0.6 is 0 Å². The Morgan fingerprint density at radius 3 is 2.54 bits per heavy atom. The van der Waals surface area contributed by atoms with Crippen molar-refractivity contribution >= 4 is 11.9 Å². The monoisotopic (exact) mass is 355 g/mol. The van der Waals surface area contributed by atoms with Gasteiger partial charge < -0.3 is 19.9 Å². The highest BCUT2D eigenvalue weighted by molar-refractivity contribution is 5.82. The standard InChI is InChI=1S/C19H25N5O2/c1-21-19(22-14-16-6-4-15(13-20)5-7-16)24-10-8-23(9-11-24)18(25)17-3-2-12-26-17/h4-7,17H,2-3,8-12,14H2,1H3,(H,21,22). The van der Waals surface area contributed by atoms with Gasteiger partial charge in [-0.05, 0) is 30.5 Å². The van der Waals surface area contributed by atoms with Crippen LogP contribution in [0.3, 0.4) is 0 Å². The maximum atomic E-state index is 12.4. The van der Waals surface area contributed by atoms with E-state index in [0.717, 1.165) is 37.5 Å². The molecule has 1 unspecified atom stereocenters. The summed E-state index contributed by atoms with van der Waals surface area (Å²) in [5.74, 6) is 0.959. The molecule has 1 aromatic rings. The SMILES string of the molecule is CN=C(NCc1ccc(C#N)cc1)N1CCN(C(=O)C2CCCO2)CC1. The molecule has 7 nitrogen and oxygen atoms in total. The third kappa shape index (κ3) is 4.33. The number of guanidine groups is 1. The van der Waals surface area contributed by atoms with Gasteiger partial charge in [0.15, 0.2) is 5.96 Å². The molecule has 1 amide bonds. The van der Waals surface area contributed by atoms with E-state index >= 15 is 0 Å². The minimum atomic E-state index is -0.240. The number of amides is 1.